The lowest BCUT2D eigenvalue weighted by molar-refractivity contribution is -0.129. The van der Waals surface area contributed by atoms with Crippen LogP contribution >= 0.6 is 15.9 Å². The Hall–Kier alpha value is -0.420. The predicted molar refractivity (Wildman–Crippen MR) is 94.1 cm³/mol. The SMILES string of the molecule is N[C@@H]1C(=O)NCCCC1C(=O)CCCCCCCCCCBr. The third kappa shape index (κ3) is 7.73. The number of rotatable bonds is 11. The zero-order valence-corrected chi connectivity index (χ0v) is 15.2. The van der Waals surface area contributed by atoms with Gasteiger partial charge in [-0.2, -0.15) is 0 Å². The van der Waals surface area contributed by atoms with Crippen LogP contribution in [0.15, 0.2) is 0 Å². The van der Waals surface area contributed by atoms with Crippen LogP contribution in [-0.4, -0.2) is 29.6 Å². The number of hydrogen-bond donors (Lipinski definition) is 2. The van der Waals surface area contributed by atoms with Crippen molar-refractivity contribution >= 4 is 27.6 Å². The summed E-state index contributed by atoms with van der Waals surface area (Å²) in [7, 11) is 0. The monoisotopic (exact) mass is 374 g/mol. The quantitative estimate of drug-likeness (QED) is 0.430. The highest BCUT2D eigenvalue weighted by Crippen LogP contribution is 2.18. The Labute approximate surface area is 143 Å². The zero-order chi connectivity index (χ0) is 16.2. The highest BCUT2D eigenvalue weighted by atomic mass is 79.9. The summed E-state index contributed by atoms with van der Waals surface area (Å²) in [4.78, 5) is 23.9. The summed E-state index contributed by atoms with van der Waals surface area (Å²) < 4.78 is 0. The van der Waals surface area contributed by atoms with Crippen molar-refractivity contribution in [1.82, 2.24) is 5.32 Å². The average Bonchev–Trinajstić information content (AvgIpc) is 2.68. The Morgan fingerprint density at radius 2 is 1.68 bits per heavy atom. The van der Waals surface area contributed by atoms with Crippen molar-refractivity contribution in [3.63, 3.8) is 0 Å². The van der Waals surface area contributed by atoms with E-state index in [9.17, 15) is 9.59 Å². The second-order valence-electron chi connectivity index (χ2n) is 6.30. The van der Waals surface area contributed by atoms with Gasteiger partial charge in [0, 0.05) is 24.2 Å². The number of carbonyl (C=O) groups excluding carboxylic acids is 2. The first-order valence-electron chi connectivity index (χ1n) is 8.78. The molecule has 1 amide bonds. The van der Waals surface area contributed by atoms with Crippen LogP contribution in [0.4, 0.5) is 0 Å². The minimum Gasteiger partial charge on any atom is -0.355 e. The number of nitrogens with one attached hydrogen (secondary N) is 1. The molecule has 0 radical (unpaired) electrons. The van der Waals surface area contributed by atoms with Gasteiger partial charge in [0.1, 0.15) is 5.78 Å². The van der Waals surface area contributed by atoms with E-state index in [-0.39, 0.29) is 17.6 Å². The maximum absolute atomic E-state index is 12.2. The molecule has 1 saturated heterocycles. The van der Waals surface area contributed by atoms with Crippen LogP contribution in [0.5, 0.6) is 0 Å². The van der Waals surface area contributed by atoms with E-state index in [1.807, 2.05) is 0 Å². The number of hydrogen-bond acceptors (Lipinski definition) is 3. The topological polar surface area (TPSA) is 72.2 Å². The number of halogens is 1. The maximum Gasteiger partial charge on any atom is 0.237 e. The van der Waals surface area contributed by atoms with Crippen LogP contribution in [0, 0.1) is 5.92 Å². The van der Waals surface area contributed by atoms with Crippen molar-refractivity contribution in [3.8, 4) is 0 Å². The minimum absolute atomic E-state index is 0.167. The summed E-state index contributed by atoms with van der Waals surface area (Å²) in [5, 5.41) is 3.87. The summed E-state index contributed by atoms with van der Waals surface area (Å²) in [6, 6.07) is -0.649. The van der Waals surface area contributed by atoms with Crippen LogP contribution in [0.25, 0.3) is 0 Å². The van der Waals surface area contributed by atoms with Crippen LogP contribution in [0.2, 0.25) is 0 Å². The summed E-state index contributed by atoms with van der Waals surface area (Å²) in [6.07, 6.45) is 11.9. The normalized spacial score (nSPS) is 22.2. The standard InChI is InChI=1S/C17H31BrN2O2/c18-12-8-6-4-2-1-3-5-7-11-15(21)14-10-9-13-20-17(22)16(14)19/h14,16H,1-13,19H2,(H,20,22)/t14?,16-/m0/s1. The van der Waals surface area contributed by atoms with E-state index < -0.39 is 6.04 Å². The number of nitrogens with two attached hydrogens (primary N) is 1. The van der Waals surface area contributed by atoms with E-state index in [1.165, 1.54) is 38.5 Å². The highest BCUT2D eigenvalue weighted by Gasteiger charge is 2.31. The zero-order valence-electron chi connectivity index (χ0n) is 13.6. The molecule has 0 aromatic rings. The van der Waals surface area contributed by atoms with Crippen molar-refractivity contribution in [2.45, 2.75) is 76.7 Å². The van der Waals surface area contributed by atoms with Crippen LogP contribution in [0.1, 0.15) is 70.6 Å². The molecule has 0 aromatic carbocycles. The van der Waals surface area contributed by atoms with Crippen LogP contribution < -0.4 is 11.1 Å². The molecule has 22 heavy (non-hydrogen) atoms. The fourth-order valence-electron chi connectivity index (χ4n) is 3.01. The largest absolute Gasteiger partial charge is 0.355 e. The van der Waals surface area contributed by atoms with Crippen molar-refractivity contribution in [2.24, 2.45) is 11.7 Å². The van der Waals surface area contributed by atoms with Gasteiger partial charge in [0.15, 0.2) is 0 Å². The Morgan fingerprint density at radius 3 is 2.32 bits per heavy atom. The van der Waals surface area contributed by atoms with E-state index in [2.05, 4.69) is 21.2 Å². The lowest BCUT2D eigenvalue weighted by atomic mass is 9.89. The average molecular weight is 375 g/mol. The van der Waals surface area contributed by atoms with E-state index in [0.29, 0.717) is 13.0 Å². The first-order valence-corrected chi connectivity index (χ1v) is 9.91. The molecule has 4 nitrogen and oxygen atoms in total. The van der Waals surface area contributed by atoms with E-state index in [0.717, 1.165) is 31.0 Å². The number of amides is 1. The minimum atomic E-state index is -0.649. The lowest BCUT2D eigenvalue weighted by Crippen LogP contribution is -2.45. The highest BCUT2D eigenvalue weighted by molar-refractivity contribution is 9.09. The van der Waals surface area contributed by atoms with E-state index in [4.69, 9.17) is 5.73 Å². The van der Waals surface area contributed by atoms with Gasteiger partial charge in [-0.25, -0.2) is 0 Å². The van der Waals surface area contributed by atoms with Gasteiger partial charge in [-0.3, -0.25) is 9.59 Å². The molecule has 1 unspecified atom stereocenters. The summed E-state index contributed by atoms with van der Waals surface area (Å²) in [5.41, 5.74) is 5.90. The Bertz CT molecular complexity index is 337. The Balaban J connectivity index is 2.08. The van der Waals surface area contributed by atoms with Gasteiger partial charge in [0.2, 0.25) is 5.91 Å². The molecule has 1 rings (SSSR count). The molecule has 5 heteroatoms. The van der Waals surface area contributed by atoms with Gasteiger partial charge in [0.05, 0.1) is 6.04 Å². The third-order valence-electron chi connectivity index (χ3n) is 4.45. The number of carbonyl (C=O) groups is 2. The molecular weight excluding hydrogens is 344 g/mol. The van der Waals surface area contributed by atoms with Gasteiger partial charge in [-0.1, -0.05) is 54.5 Å². The molecule has 1 aliphatic rings. The van der Waals surface area contributed by atoms with E-state index >= 15 is 0 Å². The molecule has 0 aliphatic carbocycles. The number of ketones is 1. The first-order chi connectivity index (χ1) is 10.7. The third-order valence-corrected chi connectivity index (χ3v) is 5.01. The number of unbranched alkanes of at least 4 members (excludes halogenated alkanes) is 7. The number of Topliss-reactive ketones (excluding diaryl/α,β-unsaturated/α-hetero) is 1. The molecule has 128 valence electrons. The molecule has 0 saturated carbocycles. The summed E-state index contributed by atoms with van der Waals surface area (Å²) in [5.74, 6) is -0.257. The van der Waals surface area contributed by atoms with Crippen molar-refractivity contribution in [3.05, 3.63) is 0 Å². The fraction of sp³-hybridized carbons (Fsp3) is 0.882. The van der Waals surface area contributed by atoms with Gasteiger partial charge in [0.25, 0.3) is 0 Å². The molecule has 1 heterocycles. The molecule has 2 atom stereocenters. The molecule has 1 aliphatic heterocycles. The summed E-state index contributed by atoms with van der Waals surface area (Å²) in [6.45, 7) is 0.644. The second kappa shape index (κ2) is 12.1. The van der Waals surface area contributed by atoms with Crippen LogP contribution in [0.3, 0.4) is 0 Å². The van der Waals surface area contributed by atoms with Crippen molar-refractivity contribution in [2.75, 3.05) is 11.9 Å². The smallest absolute Gasteiger partial charge is 0.237 e. The van der Waals surface area contributed by atoms with Gasteiger partial charge < -0.3 is 11.1 Å². The Kier molecular flexibility index (Phi) is 10.8. The van der Waals surface area contributed by atoms with E-state index in [1.54, 1.807) is 0 Å². The van der Waals surface area contributed by atoms with Crippen molar-refractivity contribution < 1.29 is 9.59 Å². The van der Waals surface area contributed by atoms with Gasteiger partial charge in [-0.05, 0) is 25.7 Å². The lowest BCUT2D eigenvalue weighted by Gasteiger charge is -2.18. The van der Waals surface area contributed by atoms with Gasteiger partial charge in [-0.15, -0.1) is 0 Å². The summed E-state index contributed by atoms with van der Waals surface area (Å²) >= 11 is 3.45. The maximum atomic E-state index is 12.2. The molecular formula is C17H31BrN2O2. The van der Waals surface area contributed by atoms with Crippen LogP contribution in [-0.2, 0) is 9.59 Å². The Morgan fingerprint density at radius 1 is 1.09 bits per heavy atom. The molecule has 1 fully saturated rings. The second-order valence-corrected chi connectivity index (χ2v) is 7.09. The molecule has 0 aromatic heterocycles. The number of alkyl halides is 1. The van der Waals surface area contributed by atoms with Gasteiger partial charge >= 0.3 is 0 Å². The molecule has 0 spiro atoms. The first kappa shape index (κ1) is 19.6. The molecule has 0 bridgehead atoms. The van der Waals surface area contributed by atoms with Crippen molar-refractivity contribution in [1.29, 1.82) is 0 Å². The fourth-order valence-corrected chi connectivity index (χ4v) is 3.41. The predicted octanol–water partition coefficient (Wildman–Crippen LogP) is 3.31. The molecule has 3 N–H and O–H groups in total.